The van der Waals surface area contributed by atoms with Gasteiger partial charge in [0.15, 0.2) is 0 Å². The fourth-order valence-corrected chi connectivity index (χ4v) is 6.63. The Balaban J connectivity index is 1.58. The van der Waals surface area contributed by atoms with Crippen LogP contribution < -0.4 is 5.32 Å². The minimum absolute atomic E-state index is 0.0271. The number of carbonyl (C=O) groups is 3. The molecule has 0 bridgehead atoms. The SMILES string of the molecule is CC(C)(C)NC(=O)[C@@H](Cc1ccccc1)N(Cc1cccc(Cl)c1)C(=O)CCCN1C(=O)c2ccccc2S1(=O)=O. The molecule has 1 aliphatic heterocycles. The van der Waals surface area contributed by atoms with E-state index in [0.29, 0.717) is 5.02 Å². The fourth-order valence-electron chi connectivity index (χ4n) is 4.81. The first-order chi connectivity index (χ1) is 19.4. The zero-order valence-corrected chi connectivity index (χ0v) is 24.9. The van der Waals surface area contributed by atoms with Gasteiger partial charge in [0.05, 0.1) is 5.56 Å². The number of hydrogen-bond donors (Lipinski definition) is 1. The van der Waals surface area contributed by atoms with Crippen LogP contribution in [-0.2, 0) is 32.6 Å². The minimum Gasteiger partial charge on any atom is -0.350 e. The predicted octanol–water partition coefficient (Wildman–Crippen LogP) is 4.82. The molecule has 1 aliphatic rings. The topological polar surface area (TPSA) is 104 Å². The van der Waals surface area contributed by atoms with Crippen molar-refractivity contribution in [1.29, 1.82) is 0 Å². The van der Waals surface area contributed by atoms with Crippen molar-refractivity contribution in [2.75, 3.05) is 6.54 Å². The van der Waals surface area contributed by atoms with Gasteiger partial charge in [-0.2, -0.15) is 0 Å². The van der Waals surface area contributed by atoms with Crippen LogP contribution in [0.25, 0.3) is 0 Å². The molecule has 41 heavy (non-hydrogen) atoms. The standard InChI is InChI=1S/C31H34ClN3O5S/c1-31(2,3)33-29(37)26(20-22-11-5-4-6-12-22)34(21-23-13-9-14-24(32)19-23)28(36)17-10-18-35-30(38)25-15-7-8-16-27(25)41(35,39)40/h4-9,11-16,19,26H,10,17-18,20-21H2,1-3H3,(H,33,37)/t26-/m1/s1. The van der Waals surface area contributed by atoms with E-state index < -0.39 is 27.5 Å². The van der Waals surface area contributed by atoms with Crippen molar-refractivity contribution in [2.24, 2.45) is 0 Å². The first kappa shape index (κ1) is 30.3. The highest BCUT2D eigenvalue weighted by Gasteiger charge is 2.40. The molecular formula is C31H34ClN3O5S. The molecule has 1 atom stereocenters. The number of sulfonamides is 1. The fraction of sp³-hybridized carbons (Fsp3) is 0.323. The van der Waals surface area contributed by atoms with E-state index >= 15 is 0 Å². The van der Waals surface area contributed by atoms with Gasteiger partial charge in [0.25, 0.3) is 15.9 Å². The van der Waals surface area contributed by atoms with Crippen LogP contribution in [-0.4, -0.2) is 53.5 Å². The zero-order valence-electron chi connectivity index (χ0n) is 23.3. The van der Waals surface area contributed by atoms with E-state index in [2.05, 4.69) is 5.32 Å². The van der Waals surface area contributed by atoms with Gasteiger partial charge in [0.2, 0.25) is 11.8 Å². The number of fused-ring (bicyclic) bond motifs is 1. The van der Waals surface area contributed by atoms with Crippen molar-refractivity contribution >= 4 is 39.3 Å². The molecule has 0 spiro atoms. The average Bonchev–Trinajstić information content (AvgIpc) is 3.10. The van der Waals surface area contributed by atoms with Gasteiger partial charge in [0.1, 0.15) is 10.9 Å². The third-order valence-corrected chi connectivity index (χ3v) is 8.75. The highest BCUT2D eigenvalue weighted by Crippen LogP contribution is 2.30. The van der Waals surface area contributed by atoms with Crippen LogP contribution >= 0.6 is 11.6 Å². The smallest absolute Gasteiger partial charge is 0.269 e. The van der Waals surface area contributed by atoms with Crippen molar-refractivity contribution in [3.05, 3.63) is 101 Å². The summed E-state index contributed by atoms with van der Waals surface area (Å²) in [7, 11) is -3.98. The van der Waals surface area contributed by atoms with E-state index in [1.807, 2.05) is 57.2 Å². The highest BCUT2D eigenvalue weighted by molar-refractivity contribution is 7.90. The third-order valence-electron chi connectivity index (χ3n) is 6.68. The number of benzene rings is 3. The Labute approximate surface area is 246 Å². The van der Waals surface area contributed by atoms with Gasteiger partial charge < -0.3 is 10.2 Å². The lowest BCUT2D eigenvalue weighted by molar-refractivity contribution is -0.142. The van der Waals surface area contributed by atoms with Gasteiger partial charge in [-0.15, -0.1) is 0 Å². The number of amides is 3. The summed E-state index contributed by atoms with van der Waals surface area (Å²) in [5.41, 5.74) is 1.23. The van der Waals surface area contributed by atoms with Crippen molar-refractivity contribution in [3.63, 3.8) is 0 Å². The summed E-state index contributed by atoms with van der Waals surface area (Å²) < 4.78 is 26.7. The summed E-state index contributed by atoms with van der Waals surface area (Å²) in [4.78, 5) is 41.8. The number of carbonyl (C=O) groups excluding carboxylic acids is 3. The van der Waals surface area contributed by atoms with Crippen molar-refractivity contribution in [1.82, 2.24) is 14.5 Å². The molecule has 0 aromatic heterocycles. The van der Waals surface area contributed by atoms with E-state index in [0.717, 1.165) is 15.4 Å². The minimum atomic E-state index is -3.98. The molecule has 216 valence electrons. The highest BCUT2D eigenvalue weighted by atomic mass is 35.5. The summed E-state index contributed by atoms with van der Waals surface area (Å²) in [6.07, 6.45) is 0.316. The first-order valence-electron chi connectivity index (χ1n) is 13.4. The Morgan fingerprint density at radius 1 is 0.951 bits per heavy atom. The van der Waals surface area contributed by atoms with Crippen molar-refractivity contribution < 1.29 is 22.8 Å². The van der Waals surface area contributed by atoms with Gasteiger partial charge in [0, 0.05) is 36.5 Å². The Morgan fingerprint density at radius 2 is 1.61 bits per heavy atom. The summed E-state index contributed by atoms with van der Waals surface area (Å²) in [5, 5.41) is 3.51. The van der Waals surface area contributed by atoms with Crippen molar-refractivity contribution in [2.45, 2.75) is 63.1 Å². The van der Waals surface area contributed by atoms with Crippen molar-refractivity contribution in [3.8, 4) is 0 Å². The zero-order chi connectivity index (χ0) is 29.8. The van der Waals surface area contributed by atoms with Crippen LogP contribution in [0, 0.1) is 0 Å². The van der Waals surface area contributed by atoms with Crippen LogP contribution in [0.5, 0.6) is 0 Å². The molecule has 4 rings (SSSR count). The molecule has 0 fully saturated rings. The Bertz CT molecular complexity index is 1540. The first-order valence-corrected chi connectivity index (χ1v) is 15.2. The van der Waals surface area contributed by atoms with Gasteiger partial charge in [-0.3, -0.25) is 14.4 Å². The summed E-state index contributed by atoms with van der Waals surface area (Å²) in [6, 6.07) is 21.8. The molecule has 10 heteroatoms. The number of halogens is 1. The normalized spacial score (nSPS) is 14.8. The quantitative estimate of drug-likeness (QED) is 0.362. The molecule has 3 aromatic rings. The third kappa shape index (κ3) is 7.34. The van der Waals surface area contributed by atoms with Crippen LogP contribution in [0.3, 0.4) is 0 Å². The van der Waals surface area contributed by atoms with E-state index in [1.54, 1.807) is 30.3 Å². The Morgan fingerprint density at radius 3 is 2.27 bits per heavy atom. The van der Waals surface area contributed by atoms with Gasteiger partial charge in [-0.1, -0.05) is 66.2 Å². The lowest BCUT2D eigenvalue weighted by Gasteiger charge is -2.34. The van der Waals surface area contributed by atoms with Crippen LogP contribution in [0.2, 0.25) is 5.02 Å². The molecule has 0 saturated carbocycles. The molecule has 1 heterocycles. The molecule has 1 N–H and O–H groups in total. The second kappa shape index (κ2) is 12.4. The molecule has 0 saturated heterocycles. The second-order valence-electron chi connectivity index (χ2n) is 11.1. The lowest BCUT2D eigenvalue weighted by Crippen LogP contribution is -2.54. The number of hydrogen-bond acceptors (Lipinski definition) is 5. The second-order valence-corrected chi connectivity index (χ2v) is 13.3. The van der Waals surface area contributed by atoms with Crippen LogP contribution in [0.1, 0.15) is 55.1 Å². The molecule has 8 nitrogen and oxygen atoms in total. The number of rotatable bonds is 10. The van der Waals surface area contributed by atoms with Crippen LogP contribution in [0.4, 0.5) is 0 Å². The molecule has 3 amide bonds. The maximum Gasteiger partial charge on any atom is 0.269 e. The van der Waals surface area contributed by atoms with Gasteiger partial charge >= 0.3 is 0 Å². The van der Waals surface area contributed by atoms with E-state index in [1.165, 1.54) is 17.0 Å². The number of nitrogens with one attached hydrogen (secondary N) is 1. The van der Waals surface area contributed by atoms with E-state index in [-0.39, 0.29) is 54.6 Å². The average molecular weight is 596 g/mol. The maximum absolute atomic E-state index is 13.8. The lowest BCUT2D eigenvalue weighted by atomic mass is 10.00. The summed E-state index contributed by atoms with van der Waals surface area (Å²) in [5.74, 6) is -1.24. The Hall–Kier alpha value is -3.69. The van der Waals surface area contributed by atoms with E-state index in [4.69, 9.17) is 11.6 Å². The maximum atomic E-state index is 13.8. The van der Waals surface area contributed by atoms with Gasteiger partial charge in [-0.25, -0.2) is 12.7 Å². The molecular weight excluding hydrogens is 562 g/mol. The molecule has 0 aliphatic carbocycles. The largest absolute Gasteiger partial charge is 0.350 e. The molecule has 3 aromatic carbocycles. The number of nitrogens with zero attached hydrogens (tertiary/aromatic N) is 2. The molecule has 0 radical (unpaired) electrons. The summed E-state index contributed by atoms with van der Waals surface area (Å²) in [6.45, 7) is 5.60. The monoisotopic (exact) mass is 595 g/mol. The summed E-state index contributed by atoms with van der Waals surface area (Å²) >= 11 is 6.22. The molecule has 0 unspecified atom stereocenters. The van der Waals surface area contributed by atoms with Gasteiger partial charge in [-0.05, 0) is 62.6 Å². The predicted molar refractivity (Wildman–Crippen MR) is 158 cm³/mol. The Kier molecular flexibility index (Phi) is 9.19. The van der Waals surface area contributed by atoms with Crippen LogP contribution in [0.15, 0.2) is 83.8 Å². The van der Waals surface area contributed by atoms with E-state index in [9.17, 15) is 22.8 Å².